The van der Waals surface area contributed by atoms with Crippen LogP contribution in [-0.2, 0) is 15.6 Å². The molecule has 3 heteroatoms. The van der Waals surface area contributed by atoms with Crippen molar-refractivity contribution in [1.29, 1.82) is 0 Å². The number of aryl methyl sites for hydroxylation is 1. The first-order valence-corrected chi connectivity index (χ1v) is 10.1. The van der Waals surface area contributed by atoms with Gasteiger partial charge >= 0.3 is 5.97 Å². The smallest absolute Gasteiger partial charge is 0.308 e. The van der Waals surface area contributed by atoms with Crippen LogP contribution in [-0.4, -0.2) is 11.1 Å². The Labute approximate surface area is 174 Å². The molecule has 1 aliphatic rings. The zero-order valence-corrected chi connectivity index (χ0v) is 18.2. The van der Waals surface area contributed by atoms with Crippen LogP contribution in [0.25, 0.3) is 0 Å². The second-order valence-electron chi connectivity index (χ2n) is 9.31. The molecule has 0 saturated carbocycles. The van der Waals surface area contributed by atoms with Crippen molar-refractivity contribution >= 4 is 5.97 Å². The average Bonchev–Trinajstić information content (AvgIpc) is 2.64. The summed E-state index contributed by atoms with van der Waals surface area (Å²) >= 11 is 0. The highest BCUT2D eigenvalue weighted by Gasteiger charge is 2.37. The lowest BCUT2D eigenvalue weighted by molar-refractivity contribution is -0.131. The van der Waals surface area contributed by atoms with Crippen molar-refractivity contribution < 1.29 is 14.6 Å². The van der Waals surface area contributed by atoms with Crippen LogP contribution >= 0.6 is 0 Å². The van der Waals surface area contributed by atoms with Crippen LogP contribution in [0.1, 0.15) is 81.4 Å². The third kappa shape index (κ3) is 4.54. The summed E-state index contributed by atoms with van der Waals surface area (Å²) in [6.07, 6.45) is 1.44. The maximum Gasteiger partial charge on any atom is 0.308 e. The van der Waals surface area contributed by atoms with Crippen molar-refractivity contribution in [3.05, 3.63) is 64.2 Å². The highest BCUT2D eigenvalue weighted by Crippen LogP contribution is 2.47. The number of aliphatic hydroxyl groups is 1. The quantitative estimate of drug-likeness (QED) is 0.427. The molecule has 29 heavy (non-hydrogen) atoms. The lowest BCUT2D eigenvalue weighted by Gasteiger charge is -2.42. The van der Waals surface area contributed by atoms with Crippen LogP contribution in [0.2, 0.25) is 0 Å². The van der Waals surface area contributed by atoms with Crippen LogP contribution < -0.4 is 4.74 Å². The predicted octanol–water partition coefficient (Wildman–Crippen LogP) is 5.35. The van der Waals surface area contributed by atoms with E-state index in [0.29, 0.717) is 5.75 Å². The largest absolute Gasteiger partial charge is 0.427 e. The summed E-state index contributed by atoms with van der Waals surface area (Å²) in [7, 11) is 0. The maximum absolute atomic E-state index is 11.0. The topological polar surface area (TPSA) is 46.5 Å². The fraction of sp³-hybridized carbons (Fsp3) is 0.423. The van der Waals surface area contributed by atoms with Gasteiger partial charge in [0.2, 0.25) is 0 Å². The Morgan fingerprint density at radius 3 is 2.14 bits per heavy atom. The summed E-state index contributed by atoms with van der Waals surface area (Å²) in [6.45, 7) is 12.6. The van der Waals surface area contributed by atoms with Crippen molar-refractivity contribution in [3.63, 3.8) is 0 Å². The van der Waals surface area contributed by atoms with E-state index < -0.39 is 6.10 Å². The Morgan fingerprint density at radius 2 is 1.59 bits per heavy atom. The molecule has 1 N–H and O–H groups in total. The summed E-state index contributed by atoms with van der Waals surface area (Å²) in [5.74, 6) is 6.13. The molecule has 1 unspecified atom stereocenters. The first-order chi connectivity index (χ1) is 13.5. The minimum Gasteiger partial charge on any atom is -0.427 e. The molecule has 0 saturated heterocycles. The fourth-order valence-corrected chi connectivity index (χ4v) is 4.04. The second kappa shape index (κ2) is 7.69. The number of carbonyl (C=O) groups is 1. The summed E-state index contributed by atoms with van der Waals surface area (Å²) in [5.41, 5.74) is 5.65. The molecule has 0 aromatic heterocycles. The van der Waals surface area contributed by atoms with Gasteiger partial charge in [-0.15, -0.1) is 0 Å². The van der Waals surface area contributed by atoms with Crippen LogP contribution in [0.3, 0.4) is 0 Å². The maximum atomic E-state index is 11.0. The lowest BCUT2D eigenvalue weighted by atomic mass is 9.62. The van der Waals surface area contributed by atoms with Gasteiger partial charge in [-0.1, -0.05) is 51.7 Å². The molecule has 0 bridgehead atoms. The minimum atomic E-state index is -0.853. The van der Waals surface area contributed by atoms with Gasteiger partial charge in [0.15, 0.2) is 0 Å². The number of aliphatic hydroxyl groups excluding tert-OH is 1. The Hall–Kier alpha value is -2.57. The average molecular weight is 391 g/mol. The van der Waals surface area contributed by atoms with Crippen molar-refractivity contribution in [2.24, 2.45) is 0 Å². The number of benzene rings is 2. The summed E-state index contributed by atoms with van der Waals surface area (Å²) < 4.78 is 5.03. The number of hydrogen-bond acceptors (Lipinski definition) is 3. The van der Waals surface area contributed by atoms with Crippen molar-refractivity contribution in [2.75, 3.05) is 0 Å². The van der Waals surface area contributed by atoms with E-state index >= 15 is 0 Å². The Morgan fingerprint density at radius 1 is 1.03 bits per heavy atom. The van der Waals surface area contributed by atoms with Crippen LogP contribution in [0, 0.1) is 18.8 Å². The highest BCUT2D eigenvalue weighted by atomic mass is 16.5. The van der Waals surface area contributed by atoms with Gasteiger partial charge < -0.3 is 9.84 Å². The molecule has 152 valence electrons. The molecular weight excluding hydrogens is 360 g/mol. The molecular formula is C26H30O3. The van der Waals surface area contributed by atoms with E-state index in [1.807, 2.05) is 6.92 Å². The van der Waals surface area contributed by atoms with E-state index in [4.69, 9.17) is 4.74 Å². The standard InChI is InChI=1S/C26H30O3/c1-17-15-22-23(26(5,6)14-13-25(22,3)4)16-21(17)24(28)12-9-19-7-10-20(11-8-19)29-18(2)27/h7-8,10-11,15-16,24,28H,13-14H2,1-6H3. The molecule has 0 spiro atoms. The number of fused-ring (bicyclic) bond motifs is 1. The van der Waals surface area contributed by atoms with E-state index in [0.717, 1.165) is 29.5 Å². The molecule has 0 amide bonds. The number of hydrogen-bond donors (Lipinski definition) is 1. The molecule has 0 aliphatic heterocycles. The molecule has 2 aromatic rings. The SMILES string of the molecule is CC(=O)Oc1ccc(C#CC(O)c2cc3c(cc2C)C(C)(C)CCC3(C)C)cc1. The Kier molecular flexibility index (Phi) is 5.61. The van der Waals surface area contributed by atoms with Gasteiger partial charge in [-0.05, 0) is 77.1 Å². The van der Waals surface area contributed by atoms with Gasteiger partial charge in [-0.3, -0.25) is 4.79 Å². The number of ether oxygens (including phenoxy) is 1. The fourth-order valence-electron chi connectivity index (χ4n) is 4.04. The van der Waals surface area contributed by atoms with Gasteiger partial charge in [-0.25, -0.2) is 0 Å². The van der Waals surface area contributed by atoms with Crippen molar-refractivity contribution in [1.82, 2.24) is 0 Å². The molecule has 3 nitrogen and oxygen atoms in total. The van der Waals surface area contributed by atoms with E-state index in [1.54, 1.807) is 24.3 Å². The number of esters is 1. The predicted molar refractivity (Wildman–Crippen MR) is 116 cm³/mol. The van der Waals surface area contributed by atoms with Crippen LogP contribution in [0.4, 0.5) is 0 Å². The molecule has 3 rings (SSSR count). The van der Waals surface area contributed by atoms with Gasteiger partial charge in [0, 0.05) is 12.5 Å². The van der Waals surface area contributed by atoms with Gasteiger partial charge in [0.05, 0.1) is 0 Å². The Balaban J connectivity index is 1.90. The summed E-state index contributed by atoms with van der Waals surface area (Å²) in [4.78, 5) is 11.0. The first-order valence-electron chi connectivity index (χ1n) is 10.1. The van der Waals surface area contributed by atoms with Crippen molar-refractivity contribution in [3.8, 4) is 17.6 Å². The lowest BCUT2D eigenvalue weighted by Crippen LogP contribution is -2.34. The molecule has 1 aliphatic carbocycles. The minimum absolute atomic E-state index is 0.0903. The van der Waals surface area contributed by atoms with E-state index in [-0.39, 0.29) is 16.8 Å². The Bertz CT molecular complexity index is 985. The van der Waals surface area contributed by atoms with Gasteiger partial charge in [0.25, 0.3) is 0 Å². The number of carbonyl (C=O) groups excluding carboxylic acids is 1. The molecule has 0 fully saturated rings. The van der Waals surface area contributed by atoms with E-state index in [1.165, 1.54) is 18.1 Å². The van der Waals surface area contributed by atoms with Crippen LogP contribution in [0.15, 0.2) is 36.4 Å². The molecule has 1 atom stereocenters. The van der Waals surface area contributed by atoms with Gasteiger partial charge in [-0.2, -0.15) is 0 Å². The van der Waals surface area contributed by atoms with E-state index in [9.17, 15) is 9.90 Å². The normalized spacial score (nSPS) is 17.5. The third-order valence-corrected chi connectivity index (χ3v) is 6.00. The summed E-state index contributed by atoms with van der Waals surface area (Å²) in [6, 6.07) is 11.4. The van der Waals surface area contributed by atoms with Gasteiger partial charge in [0.1, 0.15) is 11.9 Å². The number of rotatable bonds is 2. The highest BCUT2D eigenvalue weighted by molar-refractivity contribution is 5.69. The third-order valence-electron chi connectivity index (χ3n) is 6.00. The zero-order chi connectivity index (χ0) is 21.4. The molecule has 2 aromatic carbocycles. The second-order valence-corrected chi connectivity index (χ2v) is 9.31. The molecule has 0 radical (unpaired) electrons. The van der Waals surface area contributed by atoms with Crippen LogP contribution in [0.5, 0.6) is 5.75 Å². The van der Waals surface area contributed by atoms with E-state index in [2.05, 4.69) is 51.7 Å². The monoisotopic (exact) mass is 390 g/mol. The first kappa shape index (κ1) is 21.1. The van der Waals surface area contributed by atoms with Crippen molar-refractivity contribution in [2.45, 2.75) is 71.3 Å². The molecule has 0 heterocycles. The zero-order valence-electron chi connectivity index (χ0n) is 18.2. The summed E-state index contributed by atoms with van der Waals surface area (Å²) in [5, 5.41) is 10.8.